The Morgan fingerprint density at radius 1 is 1.17 bits per heavy atom. The van der Waals surface area contributed by atoms with Crippen molar-refractivity contribution in [2.75, 3.05) is 39.3 Å². The van der Waals surface area contributed by atoms with E-state index < -0.39 is 0 Å². The van der Waals surface area contributed by atoms with E-state index in [0.717, 1.165) is 18.7 Å². The summed E-state index contributed by atoms with van der Waals surface area (Å²) in [6.07, 6.45) is 0.317. The standard InChI is InChI=1S/C18H24ClN3O2/c1-13(15-11-20-12-15)18(24)22-8-6-21(7-9-22)17(23)10-14-4-2-3-5-16(14)19/h2-5,13,15,20H,6-12H2,1H3. The van der Waals surface area contributed by atoms with Gasteiger partial charge in [0, 0.05) is 37.1 Å². The topological polar surface area (TPSA) is 52.7 Å². The molecule has 5 nitrogen and oxygen atoms in total. The van der Waals surface area contributed by atoms with Gasteiger partial charge in [0.25, 0.3) is 0 Å². The summed E-state index contributed by atoms with van der Waals surface area (Å²) in [6.45, 7) is 6.33. The van der Waals surface area contributed by atoms with Gasteiger partial charge >= 0.3 is 0 Å². The first kappa shape index (κ1) is 17.2. The second-order valence-electron chi connectivity index (χ2n) is 6.68. The van der Waals surface area contributed by atoms with Gasteiger partial charge in [-0.2, -0.15) is 0 Å². The minimum Gasteiger partial charge on any atom is -0.339 e. The Morgan fingerprint density at radius 3 is 2.38 bits per heavy atom. The Morgan fingerprint density at radius 2 is 1.79 bits per heavy atom. The van der Waals surface area contributed by atoms with Gasteiger partial charge in [0.1, 0.15) is 0 Å². The first-order chi connectivity index (χ1) is 11.6. The van der Waals surface area contributed by atoms with Crippen LogP contribution in [0.15, 0.2) is 24.3 Å². The van der Waals surface area contributed by atoms with Gasteiger partial charge in [0.05, 0.1) is 6.42 Å². The Bertz CT molecular complexity index is 610. The van der Waals surface area contributed by atoms with Crippen LogP contribution < -0.4 is 5.32 Å². The van der Waals surface area contributed by atoms with Crippen molar-refractivity contribution in [2.45, 2.75) is 13.3 Å². The molecule has 24 heavy (non-hydrogen) atoms. The van der Waals surface area contributed by atoms with Crippen molar-refractivity contribution < 1.29 is 9.59 Å². The van der Waals surface area contributed by atoms with Crippen LogP contribution in [-0.2, 0) is 16.0 Å². The normalized spacial score (nSPS) is 19.8. The van der Waals surface area contributed by atoms with Gasteiger partial charge in [-0.05, 0) is 30.6 Å². The van der Waals surface area contributed by atoms with E-state index in [9.17, 15) is 9.59 Å². The second kappa shape index (κ2) is 7.53. The first-order valence-electron chi connectivity index (χ1n) is 8.57. The highest BCUT2D eigenvalue weighted by atomic mass is 35.5. The van der Waals surface area contributed by atoms with Gasteiger partial charge in [-0.3, -0.25) is 9.59 Å². The molecule has 0 radical (unpaired) electrons. The van der Waals surface area contributed by atoms with Crippen LogP contribution in [0, 0.1) is 11.8 Å². The third-order valence-electron chi connectivity index (χ3n) is 5.15. The average Bonchev–Trinajstić information content (AvgIpc) is 2.54. The van der Waals surface area contributed by atoms with E-state index in [1.54, 1.807) is 6.07 Å². The Labute approximate surface area is 147 Å². The van der Waals surface area contributed by atoms with Crippen molar-refractivity contribution in [2.24, 2.45) is 11.8 Å². The maximum atomic E-state index is 12.5. The Kier molecular flexibility index (Phi) is 5.41. The number of hydrogen-bond acceptors (Lipinski definition) is 3. The summed E-state index contributed by atoms with van der Waals surface area (Å²) < 4.78 is 0. The molecule has 6 heteroatoms. The lowest BCUT2D eigenvalue weighted by Gasteiger charge is -2.39. The molecule has 2 heterocycles. The molecule has 0 saturated carbocycles. The molecule has 130 valence electrons. The fraction of sp³-hybridized carbons (Fsp3) is 0.556. The molecule has 2 aliphatic heterocycles. The van der Waals surface area contributed by atoms with Crippen LogP contribution in [0.25, 0.3) is 0 Å². The van der Waals surface area contributed by atoms with Crippen molar-refractivity contribution in [1.82, 2.24) is 15.1 Å². The van der Waals surface area contributed by atoms with Crippen LogP contribution in [0.1, 0.15) is 12.5 Å². The van der Waals surface area contributed by atoms with Crippen LogP contribution in [0.4, 0.5) is 0 Å². The van der Waals surface area contributed by atoms with Crippen LogP contribution in [0.3, 0.4) is 0 Å². The molecule has 2 saturated heterocycles. The van der Waals surface area contributed by atoms with Crippen LogP contribution in [0.5, 0.6) is 0 Å². The minimum atomic E-state index is 0.0663. The molecule has 0 aromatic heterocycles. The van der Waals surface area contributed by atoms with Crippen molar-refractivity contribution >= 4 is 23.4 Å². The molecule has 1 atom stereocenters. The lowest BCUT2D eigenvalue weighted by Crippen LogP contribution is -2.55. The SMILES string of the molecule is CC(C(=O)N1CCN(C(=O)Cc2ccccc2Cl)CC1)C1CNC1. The molecule has 1 aromatic rings. The quantitative estimate of drug-likeness (QED) is 0.894. The number of carbonyl (C=O) groups is 2. The highest BCUT2D eigenvalue weighted by Crippen LogP contribution is 2.20. The average molecular weight is 350 g/mol. The van der Waals surface area contributed by atoms with E-state index in [0.29, 0.717) is 43.5 Å². The molecule has 2 fully saturated rings. The van der Waals surface area contributed by atoms with Crippen molar-refractivity contribution in [1.29, 1.82) is 0 Å². The first-order valence-corrected chi connectivity index (χ1v) is 8.94. The Balaban J connectivity index is 1.50. The molecule has 1 unspecified atom stereocenters. The maximum Gasteiger partial charge on any atom is 0.227 e. The predicted octanol–water partition coefficient (Wildman–Crippen LogP) is 1.41. The summed E-state index contributed by atoms with van der Waals surface area (Å²) in [4.78, 5) is 28.7. The van der Waals surface area contributed by atoms with E-state index in [-0.39, 0.29) is 17.7 Å². The zero-order chi connectivity index (χ0) is 17.1. The van der Waals surface area contributed by atoms with Crippen molar-refractivity contribution in [3.63, 3.8) is 0 Å². The van der Waals surface area contributed by atoms with Gasteiger partial charge in [0.2, 0.25) is 11.8 Å². The highest BCUT2D eigenvalue weighted by Gasteiger charge is 2.33. The number of amides is 2. The molecule has 2 aliphatic rings. The number of piperazine rings is 1. The van der Waals surface area contributed by atoms with E-state index in [1.807, 2.05) is 34.9 Å². The molecule has 3 rings (SSSR count). The Hall–Kier alpha value is -1.59. The third-order valence-corrected chi connectivity index (χ3v) is 5.52. The largest absolute Gasteiger partial charge is 0.339 e. The zero-order valence-corrected chi connectivity index (χ0v) is 14.8. The van der Waals surface area contributed by atoms with Gasteiger partial charge < -0.3 is 15.1 Å². The lowest BCUT2D eigenvalue weighted by molar-refractivity contribution is -0.143. The summed E-state index contributed by atoms with van der Waals surface area (Å²) in [5, 5.41) is 3.84. The third kappa shape index (κ3) is 3.73. The van der Waals surface area contributed by atoms with Crippen molar-refractivity contribution in [3.8, 4) is 0 Å². The van der Waals surface area contributed by atoms with Gasteiger partial charge in [-0.1, -0.05) is 36.7 Å². The van der Waals surface area contributed by atoms with Gasteiger partial charge in [-0.15, -0.1) is 0 Å². The fourth-order valence-corrected chi connectivity index (χ4v) is 3.45. The van der Waals surface area contributed by atoms with E-state index in [4.69, 9.17) is 11.6 Å². The van der Waals surface area contributed by atoms with Crippen molar-refractivity contribution in [3.05, 3.63) is 34.9 Å². The van der Waals surface area contributed by atoms with Gasteiger partial charge in [0.15, 0.2) is 0 Å². The smallest absolute Gasteiger partial charge is 0.227 e. The molecule has 0 bridgehead atoms. The van der Waals surface area contributed by atoms with Crippen LogP contribution >= 0.6 is 11.6 Å². The number of rotatable bonds is 4. The summed E-state index contributed by atoms with van der Waals surface area (Å²) in [5.74, 6) is 0.820. The molecule has 1 aromatic carbocycles. The van der Waals surface area contributed by atoms with Crippen LogP contribution in [0.2, 0.25) is 5.02 Å². The predicted molar refractivity (Wildman–Crippen MR) is 93.8 cm³/mol. The summed E-state index contributed by atoms with van der Waals surface area (Å²) >= 11 is 6.13. The fourth-order valence-electron chi connectivity index (χ4n) is 3.25. The van der Waals surface area contributed by atoms with E-state index in [2.05, 4.69) is 5.32 Å². The number of nitrogens with zero attached hydrogens (tertiary/aromatic N) is 2. The maximum absolute atomic E-state index is 12.5. The number of hydrogen-bond donors (Lipinski definition) is 1. The van der Waals surface area contributed by atoms with E-state index in [1.165, 1.54) is 0 Å². The number of benzene rings is 1. The monoisotopic (exact) mass is 349 g/mol. The van der Waals surface area contributed by atoms with E-state index >= 15 is 0 Å². The number of carbonyl (C=O) groups excluding carboxylic acids is 2. The number of nitrogens with one attached hydrogen (secondary N) is 1. The molecular weight excluding hydrogens is 326 g/mol. The van der Waals surface area contributed by atoms with Gasteiger partial charge in [-0.25, -0.2) is 0 Å². The molecule has 0 aliphatic carbocycles. The minimum absolute atomic E-state index is 0.0663. The number of halogens is 1. The zero-order valence-electron chi connectivity index (χ0n) is 14.0. The molecule has 2 amide bonds. The molecule has 1 N–H and O–H groups in total. The summed E-state index contributed by atoms with van der Waals surface area (Å²) in [6, 6.07) is 7.44. The molecule has 0 spiro atoms. The summed E-state index contributed by atoms with van der Waals surface area (Å²) in [7, 11) is 0. The summed E-state index contributed by atoms with van der Waals surface area (Å²) in [5.41, 5.74) is 0.855. The molecular formula is C18H24ClN3O2. The highest BCUT2D eigenvalue weighted by molar-refractivity contribution is 6.31. The lowest BCUT2D eigenvalue weighted by atomic mass is 9.88. The second-order valence-corrected chi connectivity index (χ2v) is 7.09. The van der Waals surface area contributed by atoms with Crippen LogP contribution in [-0.4, -0.2) is 60.9 Å².